The minimum Gasteiger partial charge on any atom is -0.318 e. The Morgan fingerprint density at radius 2 is 1.77 bits per heavy atom. The molecule has 0 aromatic rings. The highest BCUT2D eigenvalue weighted by Crippen LogP contribution is 2.34. The molecule has 6 nitrogen and oxygen atoms in total. The van der Waals surface area contributed by atoms with Gasteiger partial charge in [0, 0.05) is 13.0 Å². The van der Waals surface area contributed by atoms with Crippen LogP contribution in [0.3, 0.4) is 0 Å². The van der Waals surface area contributed by atoms with Crippen molar-refractivity contribution in [3.8, 4) is 0 Å². The van der Waals surface area contributed by atoms with E-state index in [1.165, 1.54) is 0 Å². The number of halogens is 3. The van der Waals surface area contributed by atoms with Gasteiger partial charge >= 0.3 is 12.2 Å². The fraction of sp³-hybridized carbons (Fsp3) is 0.769. The van der Waals surface area contributed by atoms with Crippen LogP contribution in [0.25, 0.3) is 0 Å². The van der Waals surface area contributed by atoms with Crippen molar-refractivity contribution in [3.63, 3.8) is 0 Å². The number of amides is 4. The minimum absolute atomic E-state index is 0.164. The summed E-state index contributed by atoms with van der Waals surface area (Å²) in [5.74, 6) is -2.85. The van der Waals surface area contributed by atoms with Crippen molar-refractivity contribution in [1.82, 2.24) is 15.5 Å². The van der Waals surface area contributed by atoms with Gasteiger partial charge in [-0.15, -0.1) is 0 Å². The predicted molar refractivity (Wildman–Crippen MR) is 71.5 cm³/mol. The molecule has 126 valence electrons. The second-order valence-corrected chi connectivity index (χ2v) is 6.13. The van der Waals surface area contributed by atoms with Gasteiger partial charge in [-0.1, -0.05) is 27.7 Å². The number of carbonyl (C=O) groups is 3. The van der Waals surface area contributed by atoms with Crippen molar-refractivity contribution in [1.29, 1.82) is 0 Å². The van der Waals surface area contributed by atoms with E-state index in [9.17, 15) is 27.6 Å². The number of carbonyl (C=O) groups excluding carboxylic acids is 3. The van der Waals surface area contributed by atoms with Crippen molar-refractivity contribution in [2.24, 2.45) is 11.8 Å². The van der Waals surface area contributed by atoms with Gasteiger partial charge in [0.1, 0.15) is 0 Å². The first-order valence-electron chi connectivity index (χ1n) is 6.92. The average Bonchev–Trinajstić information content (AvgIpc) is 2.52. The van der Waals surface area contributed by atoms with Crippen LogP contribution in [-0.4, -0.2) is 41.1 Å². The molecule has 1 atom stereocenters. The molecule has 0 bridgehead atoms. The number of rotatable bonds is 5. The molecule has 1 aliphatic rings. The second kappa shape index (κ2) is 6.13. The van der Waals surface area contributed by atoms with Crippen LogP contribution in [0.1, 0.15) is 34.1 Å². The van der Waals surface area contributed by atoms with Crippen molar-refractivity contribution in [2.45, 2.75) is 46.0 Å². The molecule has 4 amide bonds. The third-order valence-corrected chi connectivity index (χ3v) is 3.00. The summed E-state index contributed by atoms with van der Waals surface area (Å²) in [4.78, 5) is 36.1. The summed E-state index contributed by atoms with van der Waals surface area (Å²) in [5.41, 5.74) is -3.38. The van der Waals surface area contributed by atoms with Crippen LogP contribution in [0.15, 0.2) is 0 Å². The van der Waals surface area contributed by atoms with Crippen molar-refractivity contribution in [2.75, 3.05) is 6.54 Å². The topological polar surface area (TPSA) is 78.5 Å². The van der Waals surface area contributed by atoms with Gasteiger partial charge in [-0.05, 0) is 11.8 Å². The Morgan fingerprint density at radius 3 is 2.18 bits per heavy atom. The smallest absolute Gasteiger partial charge is 0.318 e. The first kappa shape index (κ1) is 18.2. The van der Waals surface area contributed by atoms with Crippen molar-refractivity contribution in [3.05, 3.63) is 0 Å². The zero-order valence-corrected chi connectivity index (χ0v) is 12.9. The fourth-order valence-electron chi connectivity index (χ4n) is 2.09. The lowest BCUT2D eigenvalue weighted by Crippen LogP contribution is -2.69. The maximum Gasteiger partial charge on any atom is 0.440 e. The number of hydrogen-bond acceptors (Lipinski definition) is 3. The molecule has 0 radical (unpaired) electrons. The Morgan fingerprint density at radius 1 is 1.23 bits per heavy atom. The summed E-state index contributed by atoms with van der Waals surface area (Å²) in [7, 11) is 0. The number of hydrogen-bond donors (Lipinski definition) is 2. The lowest BCUT2D eigenvalue weighted by Gasteiger charge is -2.30. The normalized spacial score (nSPS) is 22.5. The number of imide groups is 1. The molecule has 9 heteroatoms. The summed E-state index contributed by atoms with van der Waals surface area (Å²) in [6, 6.07) is -1.17. The first-order valence-corrected chi connectivity index (χ1v) is 6.92. The Bertz CT molecular complexity index is 477. The molecule has 2 N–H and O–H groups in total. The Balaban J connectivity index is 3.12. The van der Waals surface area contributed by atoms with Gasteiger partial charge in [0.05, 0.1) is 0 Å². The van der Waals surface area contributed by atoms with Gasteiger partial charge in [0.2, 0.25) is 5.91 Å². The molecule has 1 saturated heterocycles. The van der Waals surface area contributed by atoms with Crippen molar-refractivity contribution < 1.29 is 27.6 Å². The summed E-state index contributed by atoms with van der Waals surface area (Å²) >= 11 is 0. The van der Waals surface area contributed by atoms with E-state index in [0.29, 0.717) is 4.90 Å². The minimum atomic E-state index is -5.14. The van der Waals surface area contributed by atoms with Gasteiger partial charge in [0.15, 0.2) is 0 Å². The largest absolute Gasteiger partial charge is 0.440 e. The zero-order valence-electron chi connectivity index (χ0n) is 12.9. The summed E-state index contributed by atoms with van der Waals surface area (Å²) in [6.07, 6.45) is -5.33. The second-order valence-electron chi connectivity index (χ2n) is 6.13. The molecule has 1 aliphatic heterocycles. The molecule has 1 fully saturated rings. The molecule has 1 rings (SSSR count). The van der Waals surface area contributed by atoms with Crippen LogP contribution in [0.5, 0.6) is 0 Å². The average molecular weight is 323 g/mol. The first-order chi connectivity index (χ1) is 9.90. The number of urea groups is 1. The SMILES string of the molecule is CC(C)CC(=O)NC1(C(F)(F)F)NC(=O)N(CC(C)C)C1=O. The lowest BCUT2D eigenvalue weighted by molar-refractivity contribution is -0.204. The van der Waals surface area contributed by atoms with Gasteiger partial charge in [0.25, 0.3) is 11.6 Å². The summed E-state index contributed by atoms with van der Waals surface area (Å²) in [6.45, 7) is 6.46. The number of alkyl halides is 3. The molecule has 22 heavy (non-hydrogen) atoms. The van der Waals surface area contributed by atoms with E-state index >= 15 is 0 Å². The zero-order chi connectivity index (χ0) is 17.3. The summed E-state index contributed by atoms with van der Waals surface area (Å²) in [5, 5.41) is 3.26. The van der Waals surface area contributed by atoms with E-state index < -0.39 is 29.7 Å². The lowest BCUT2D eigenvalue weighted by atomic mass is 10.1. The highest BCUT2D eigenvalue weighted by Gasteiger charge is 2.68. The van der Waals surface area contributed by atoms with Gasteiger partial charge < -0.3 is 5.32 Å². The van der Waals surface area contributed by atoms with Crippen LogP contribution < -0.4 is 10.6 Å². The molecule has 0 aliphatic carbocycles. The van der Waals surface area contributed by atoms with Crippen LogP contribution in [0, 0.1) is 11.8 Å². The monoisotopic (exact) mass is 323 g/mol. The van der Waals surface area contributed by atoms with E-state index in [-0.39, 0.29) is 24.8 Å². The summed E-state index contributed by atoms with van der Waals surface area (Å²) < 4.78 is 40.1. The molecule has 0 spiro atoms. The van der Waals surface area contributed by atoms with Crippen LogP contribution in [0.2, 0.25) is 0 Å². The third-order valence-electron chi connectivity index (χ3n) is 3.00. The van der Waals surface area contributed by atoms with Gasteiger partial charge in [-0.25, -0.2) is 4.79 Å². The Kier molecular flexibility index (Phi) is 5.09. The number of nitrogens with one attached hydrogen (secondary N) is 2. The van der Waals surface area contributed by atoms with Crippen molar-refractivity contribution >= 4 is 17.8 Å². The predicted octanol–water partition coefficient (Wildman–Crippen LogP) is 1.62. The third kappa shape index (κ3) is 3.50. The quantitative estimate of drug-likeness (QED) is 0.755. The maximum atomic E-state index is 13.4. The fourth-order valence-corrected chi connectivity index (χ4v) is 2.09. The van der Waals surface area contributed by atoms with E-state index in [4.69, 9.17) is 0 Å². The molecular weight excluding hydrogens is 303 g/mol. The molecule has 1 heterocycles. The molecule has 1 unspecified atom stereocenters. The molecule has 0 aromatic heterocycles. The van der Waals surface area contributed by atoms with Gasteiger partial charge in [-0.3, -0.25) is 19.8 Å². The van der Waals surface area contributed by atoms with Crippen LogP contribution >= 0.6 is 0 Å². The highest BCUT2D eigenvalue weighted by molar-refractivity contribution is 6.08. The molecule has 0 saturated carbocycles. The molecule has 0 aromatic carbocycles. The Hall–Kier alpha value is -1.80. The van der Waals surface area contributed by atoms with E-state index in [1.54, 1.807) is 38.3 Å². The van der Waals surface area contributed by atoms with E-state index in [0.717, 1.165) is 0 Å². The molecular formula is C13H20F3N3O3. The van der Waals surface area contributed by atoms with Gasteiger partial charge in [-0.2, -0.15) is 13.2 Å². The highest BCUT2D eigenvalue weighted by atomic mass is 19.4. The maximum absolute atomic E-state index is 13.4. The number of nitrogens with zero attached hydrogens (tertiary/aromatic N) is 1. The van der Waals surface area contributed by atoms with E-state index in [1.807, 2.05) is 0 Å². The Labute approximate surface area is 126 Å². The standard InChI is InChI=1S/C13H20F3N3O3/c1-7(2)5-9(20)17-12(13(14,15)16)10(21)19(6-8(3)4)11(22)18-12/h7-8H,5-6H2,1-4H3,(H,17,20)(H,18,22). The van der Waals surface area contributed by atoms with Crippen LogP contribution in [0.4, 0.5) is 18.0 Å². The van der Waals surface area contributed by atoms with E-state index in [2.05, 4.69) is 0 Å². The van der Waals surface area contributed by atoms with Crippen LogP contribution in [-0.2, 0) is 9.59 Å².